The third-order valence-electron chi connectivity index (χ3n) is 6.79. The van der Waals surface area contributed by atoms with Gasteiger partial charge in [-0.25, -0.2) is 5.43 Å². The van der Waals surface area contributed by atoms with Crippen molar-refractivity contribution in [1.82, 2.24) is 9.99 Å². The van der Waals surface area contributed by atoms with Crippen LogP contribution in [0.5, 0.6) is 11.5 Å². The number of hydrogen-bond donors (Lipinski definition) is 1. The van der Waals surface area contributed by atoms with E-state index in [9.17, 15) is 25.0 Å². The van der Waals surface area contributed by atoms with E-state index in [0.29, 0.717) is 21.5 Å². The number of nitro groups is 2. The number of rotatable bonds is 12. The Morgan fingerprint density at radius 3 is 2.26 bits per heavy atom. The van der Waals surface area contributed by atoms with E-state index in [1.807, 2.05) is 38.1 Å². The van der Waals surface area contributed by atoms with Gasteiger partial charge in [-0.15, -0.1) is 0 Å². The van der Waals surface area contributed by atoms with Gasteiger partial charge in [-0.1, -0.05) is 15.9 Å². The first kappa shape index (κ1) is 31.7. The molecule has 2 aromatic heterocycles. The number of aromatic nitrogens is 1. The lowest BCUT2D eigenvalue weighted by atomic mass is 10.2. The van der Waals surface area contributed by atoms with Gasteiger partial charge in [0.15, 0.2) is 5.76 Å². The van der Waals surface area contributed by atoms with Crippen LogP contribution in [-0.2, 0) is 13.2 Å². The van der Waals surface area contributed by atoms with Crippen molar-refractivity contribution in [2.75, 3.05) is 0 Å². The molecule has 1 amide bonds. The average Bonchev–Trinajstić information content (AvgIpc) is 3.65. The molecule has 0 fully saturated rings. The van der Waals surface area contributed by atoms with Crippen molar-refractivity contribution in [3.05, 3.63) is 144 Å². The van der Waals surface area contributed by atoms with Crippen molar-refractivity contribution in [1.29, 1.82) is 0 Å². The number of ether oxygens (including phenoxy) is 2. The highest BCUT2D eigenvalue weighted by molar-refractivity contribution is 9.10. The zero-order valence-corrected chi connectivity index (χ0v) is 26.1. The summed E-state index contributed by atoms with van der Waals surface area (Å²) in [6.07, 6.45) is 1.20. The van der Waals surface area contributed by atoms with E-state index in [0.717, 1.165) is 17.1 Å². The van der Waals surface area contributed by atoms with Gasteiger partial charge in [-0.3, -0.25) is 25.0 Å². The van der Waals surface area contributed by atoms with Crippen LogP contribution in [0.4, 0.5) is 11.4 Å². The van der Waals surface area contributed by atoms with Gasteiger partial charge in [0.2, 0.25) is 5.75 Å². The number of nitro benzene ring substituents is 2. The Balaban J connectivity index is 1.21. The van der Waals surface area contributed by atoms with Crippen LogP contribution in [0.2, 0.25) is 0 Å². The first-order valence-corrected chi connectivity index (χ1v) is 14.5. The van der Waals surface area contributed by atoms with Crippen molar-refractivity contribution < 1.29 is 28.5 Å². The Kier molecular flexibility index (Phi) is 9.57. The summed E-state index contributed by atoms with van der Waals surface area (Å²) in [7, 11) is 0. The van der Waals surface area contributed by atoms with Gasteiger partial charge >= 0.3 is 11.6 Å². The Bertz CT molecular complexity index is 1910. The highest BCUT2D eigenvalue weighted by Crippen LogP contribution is 2.34. The molecule has 0 saturated heterocycles. The van der Waals surface area contributed by atoms with Crippen LogP contribution >= 0.6 is 15.9 Å². The van der Waals surface area contributed by atoms with Crippen LogP contribution in [0, 0.1) is 34.1 Å². The molecular weight excluding hydrogens is 662 g/mol. The predicted molar refractivity (Wildman–Crippen MR) is 172 cm³/mol. The fourth-order valence-electron chi connectivity index (χ4n) is 4.57. The Labute approximate surface area is 270 Å². The molecule has 14 heteroatoms. The minimum absolute atomic E-state index is 0.0143. The van der Waals surface area contributed by atoms with Crippen LogP contribution in [0.25, 0.3) is 5.69 Å². The summed E-state index contributed by atoms with van der Waals surface area (Å²) in [5.41, 5.74) is 5.93. The molecule has 0 spiro atoms. The van der Waals surface area contributed by atoms with Gasteiger partial charge in [0, 0.05) is 45.3 Å². The van der Waals surface area contributed by atoms with Crippen LogP contribution in [0.1, 0.15) is 38.8 Å². The molecule has 5 aromatic rings. The second kappa shape index (κ2) is 13.9. The normalized spacial score (nSPS) is 11.0. The molecule has 0 bridgehead atoms. The number of aryl methyl sites for hydroxylation is 2. The van der Waals surface area contributed by atoms with Gasteiger partial charge in [0.05, 0.1) is 16.1 Å². The zero-order chi connectivity index (χ0) is 32.8. The van der Waals surface area contributed by atoms with Gasteiger partial charge in [0.1, 0.15) is 24.7 Å². The molecule has 0 unspecified atom stereocenters. The maximum atomic E-state index is 12.7. The largest absolute Gasteiger partial charge is 0.486 e. The third kappa shape index (κ3) is 7.47. The van der Waals surface area contributed by atoms with Crippen LogP contribution in [-0.4, -0.2) is 26.5 Å². The first-order valence-electron chi connectivity index (χ1n) is 13.7. The van der Waals surface area contributed by atoms with Crippen molar-refractivity contribution >= 4 is 39.4 Å². The highest BCUT2D eigenvalue weighted by atomic mass is 79.9. The molecule has 5 rings (SSSR count). The van der Waals surface area contributed by atoms with Crippen LogP contribution in [0.3, 0.4) is 0 Å². The maximum Gasteiger partial charge on any atom is 0.312 e. The molecule has 2 heterocycles. The van der Waals surface area contributed by atoms with Gasteiger partial charge in [0.25, 0.3) is 5.69 Å². The predicted octanol–water partition coefficient (Wildman–Crippen LogP) is 7.19. The van der Waals surface area contributed by atoms with E-state index < -0.39 is 15.8 Å². The van der Waals surface area contributed by atoms with Crippen molar-refractivity contribution in [3.8, 4) is 17.2 Å². The number of carbonyl (C=O) groups excluding carboxylic acids is 1. The number of benzene rings is 3. The Hall–Kier alpha value is -5.76. The first-order chi connectivity index (χ1) is 22.1. The van der Waals surface area contributed by atoms with Gasteiger partial charge in [-0.2, -0.15) is 5.10 Å². The van der Waals surface area contributed by atoms with E-state index in [1.165, 1.54) is 48.7 Å². The minimum Gasteiger partial charge on any atom is -0.486 e. The van der Waals surface area contributed by atoms with Crippen molar-refractivity contribution in [3.63, 3.8) is 0 Å². The molecule has 0 saturated carbocycles. The molecule has 0 atom stereocenters. The number of furan rings is 1. The molecule has 0 aliphatic rings. The summed E-state index contributed by atoms with van der Waals surface area (Å²) in [5, 5.41) is 26.6. The van der Waals surface area contributed by atoms with Crippen LogP contribution < -0.4 is 14.9 Å². The van der Waals surface area contributed by atoms with Crippen molar-refractivity contribution in [2.45, 2.75) is 27.1 Å². The topological polar surface area (TPSA) is 164 Å². The summed E-state index contributed by atoms with van der Waals surface area (Å²) in [6.45, 7) is 4.06. The summed E-state index contributed by atoms with van der Waals surface area (Å²) in [5.74, 6) is 0.281. The Morgan fingerprint density at radius 1 is 0.913 bits per heavy atom. The minimum atomic E-state index is -0.651. The van der Waals surface area contributed by atoms with Gasteiger partial charge in [-0.05, 0) is 86.1 Å². The van der Waals surface area contributed by atoms with E-state index >= 15 is 0 Å². The molecule has 1 N–H and O–H groups in total. The molecule has 0 radical (unpaired) electrons. The van der Waals surface area contributed by atoms with Gasteiger partial charge < -0.3 is 18.5 Å². The number of hydrazone groups is 1. The number of nitrogens with zero attached hydrogens (tertiary/aromatic N) is 4. The summed E-state index contributed by atoms with van der Waals surface area (Å²) in [6, 6.07) is 23.2. The lowest BCUT2D eigenvalue weighted by Crippen LogP contribution is -2.17. The quantitative estimate of drug-likeness (QED) is 0.0818. The fourth-order valence-corrected chi connectivity index (χ4v) is 5.04. The number of hydrogen-bond acceptors (Lipinski definition) is 9. The fraction of sp³-hybridized carbons (Fsp3) is 0.125. The summed E-state index contributed by atoms with van der Waals surface area (Å²) >= 11 is 3.24. The Morgan fingerprint density at radius 2 is 1.61 bits per heavy atom. The van der Waals surface area contributed by atoms with E-state index in [-0.39, 0.29) is 41.7 Å². The maximum absolute atomic E-state index is 12.7. The number of non-ortho nitro benzene ring substituents is 1. The monoisotopic (exact) mass is 687 g/mol. The molecule has 13 nitrogen and oxygen atoms in total. The third-order valence-corrected chi connectivity index (χ3v) is 7.25. The highest BCUT2D eigenvalue weighted by Gasteiger charge is 2.21. The van der Waals surface area contributed by atoms with E-state index in [1.54, 1.807) is 6.07 Å². The summed E-state index contributed by atoms with van der Waals surface area (Å²) < 4.78 is 19.7. The SMILES string of the molecule is Cc1ccc(C)n1-c1ccc(OCc2ccc(C(=O)N/N=C/c3cc(Br)cc([N+](=O)[O-])c3OCc3ccc([N+](=O)[O-])cc3)o2)cc1. The molecule has 3 aromatic carbocycles. The molecule has 46 heavy (non-hydrogen) atoms. The number of halogens is 1. The van der Waals surface area contributed by atoms with E-state index in [2.05, 4.69) is 43.2 Å². The molecular formula is C32H26BrN5O8. The second-order valence-corrected chi connectivity index (χ2v) is 10.9. The van der Waals surface area contributed by atoms with Crippen LogP contribution in [0.15, 0.2) is 98.9 Å². The molecule has 0 aliphatic carbocycles. The van der Waals surface area contributed by atoms with E-state index in [4.69, 9.17) is 13.9 Å². The smallest absolute Gasteiger partial charge is 0.312 e. The lowest BCUT2D eigenvalue weighted by Gasteiger charge is -2.11. The standard InChI is InChI=1S/C32H26BrN5O8/c1-20-3-4-21(2)36(20)25-9-11-27(12-10-25)44-19-28-13-14-30(46-28)32(39)35-34-17-23-15-24(33)16-29(38(42)43)31(23)45-18-22-5-7-26(8-6-22)37(40)41/h3-17H,18-19H2,1-2H3,(H,35,39)/b34-17+. The number of amides is 1. The molecule has 234 valence electrons. The number of carbonyl (C=O) groups is 1. The zero-order valence-electron chi connectivity index (χ0n) is 24.5. The lowest BCUT2D eigenvalue weighted by molar-refractivity contribution is -0.386. The average molecular weight is 688 g/mol. The molecule has 0 aliphatic heterocycles. The van der Waals surface area contributed by atoms with Crippen molar-refractivity contribution in [2.24, 2.45) is 5.10 Å². The number of nitrogens with one attached hydrogen (secondary N) is 1. The summed E-state index contributed by atoms with van der Waals surface area (Å²) in [4.78, 5) is 34.2. The second-order valence-electron chi connectivity index (χ2n) is 10.0.